The van der Waals surface area contributed by atoms with Gasteiger partial charge in [-0.15, -0.1) is 0 Å². The summed E-state index contributed by atoms with van der Waals surface area (Å²) in [6, 6.07) is 2.79. The van der Waals surface area contributed by atoms with Gasteiger partial charge >= 0.3 is 0 Å². The van der Waals surface area contributed by atoms with Gasteiger partial charge in [0.1, 0.15) is 5.82 Å². The van der Waals surface area contributed by atoms with Crippen LogP contribution in [0.2, 0.25) is 0 Å². The molecule has 0 aromatic carbocycles. The highest BCUT2D eigenvalue weighted by Gasteiger charge is 2.21. The van der Waals surface area contributed by atoms with E-state index in [0.29, 0.717) is 6.04 Å². The Morgan fingerprint density at radius 2 is 2.12 bits per heavy atom. The molecule has 0 spiro atoms. The van der Waals surface area contributed by atoms with Crippen LogP contribution in [0.1, 0.15) is 38.2 Å². The van der Waals surface area contributed by atoms with E-state index in [0.717, 1.165) is 24.7 Å². The van der Waals surface area contributed by atoms with E-state index in [1.807, 2.05) is 6.20 Å². The first-order chi connectivity index (χ1) is 8.33. The van der Waals surface area contributed by atoms with Crippen LogP contribution in [-0.2, 0) is 6.42 Å². The molecule has 2 N–H and O–H groups in total. The monoisotopic (exact) mass is 231 g/mol. The summed E-state index contributed by atoms with van der Waals surface area (Å²) >= 11 is 0. The van der Waals surface area contributed by atoms with Gasteiger partial charge in [-0.1, -0.05) is 6.92 Å². The predicted octanol–water partition coefficient (Wildman–Crippen LogP) is 3.04. The molecular weight excluding hydrogens is 210 g/mol. The van der Waals surface area contributed by atoms with Crippen molar-refractivity contribution in [1.82, 2.24) is 4.98 Å². The van der Waals surface area contributed by atoms with Crippen molar-refractivity contribution in [3.8, 4) is 0 Å². The highest BCUT2D eigenvalue weighted by atomic mass is 15.0. The maximum Gasteiger partial charge on any atom is 0.131 e. The smallest absolute Gasteiger partial charge is 0.131 e. The normalized spacial score (nSPS) is 27.4. The molecule has 3 heteroatoms. The van der Waals surface area contributed by atoms with Crippen molar-refractivity contribution in [2.24, 2.45) is 5.92 Å². The van der Waals surface area contributed by atoms with Gasteiger partial charge in [0.25, 0.3) is 0 Å². The largest absolute Gasteiger partial charge is 0.382 e. The predicted molar refractivity (Wildman–Crippen MR) is 71.5 cm³/mol. The van der Waals surface area contributed by atoms with E-state index in [1.165, 1.54) is 36.9 Å². The van der Waals surface area contributed by atoms with Gasteiger partial charge in [0, 0.05) is 30.0 Å². The van der Waals surface area contributed by atoms with E-state index in [9.17, 15) is 0 Å². The number of hydrogen-bond acceptors (Lipinski definition) is 3. The molecule has 0 radical (unpaired) electrons. The van der Waals surface area contributed by atoms with Crippen LogP contribution >= 0.6 is 0 Å². The minimum atomic E-state index is 0.665. The van der Waals surface area contributed by atoms with E-state index in [4.69, 9.17) is 0 Å². The van der Waals surface area contributed by atoms with Crippen LogP contribution in [0, 0.1) is 5.92 Å². The highest BCUT2D eigenvalue weighted by Crippen LogP contribution is 2.31. The molecule has 0 bridgehead atoms. The number of aromatic nitrogens is 1. The molecule has 0 saturated heterocycles. The maximum absolute atomic E-state index is 4.37. The van der Waals surface area contributed by atoms with Crippen LogP contribution in [0.3, 0.4) is 0 Å². The number of rotatable bonds is 2. The Bertz CT molecular complexity index is 394. The molecule has 92 valence electrons. The summed E-state index contributed by atoms with van der Waals surface area (Å²) < 4.78 is 0. The lowest BCUT2D eigenvalue weighted by Crippen LogP contribution is -2.25. The molecule has 0 amide bonds. The second kappa shape index (κ2) is 4.55. The van der Waals surface area contributed by atoms with Crippen molar-refractivity contribution in [2.45, 2.75) is 45.1 Å². The molecule has 1 aliphatic carbocycles. The Kier molecular flexibility index (Phi) is 2.91. The minimum Gasteiger partial charge on any atom is -0.382 e. The number of pyridine rings is 1. The molecule has 0 unspecified atom stereocenters. The molecule has 2 aliphatic rings. The first kappa shape index (κ1) is 10.9. The first-order valence-corrected chi connectivity index (χ1v) is 6.81. The number of hydrogen-bond donors (Lipinski definition) is 2. The Morgan fingerprint density at radius 3 is 2.94 bits per heavy atom. The van der Waals surface area contributed by atoms with Crippen molar-refractivity contribution < 1.29 is 0 Å². The van der Waals surface area contributed by atoms with Gasteiger partial charge in [0.2, 0.25) is 0 Å². The Morgan fingerprint density at radius 1 is 1.29 bits per heavy atom. The molecule has 3 rings (SSSR count). The fourth-order valence-electron chi connectivity index (χ4n) is 2.96. The first-order valence-electron chi connectivity index (χ1n) is 6.81. The zero-order chi connectivity index (χ0) is 11.7. The van der Waals surface area contributed by atoms with Crippen LogP contribution in [0.15, 0.2) is 12.3 Å². The third-order valence-electron chi connectivity index (χ3n) is 4.10. The van der Waals surface area contributed by atoms with Gasteiger partial charge in [0.05, 0.1) is 0 Å². The Hall–Kier alpha value is -1.25. The number of nitrogens with zero attached hydrogens (tertiary/aromatic N) is 1. The third-order valence-corrected chi connectivity index (χ3v) is 4.10. The zero-order valence-electron chi connectivity index (χ0n) is 10.5. The van der Waals surface area contributed by atoms with E-state index in [2.05, 4.69) is 28.6 Å². The summed E-state index contributed by atoms with van der Waals surface area (Å²) in [7, 11) is 0. The molecule has 3 nitrogen and oxygen atoms in total. The summed E-state index contributed by atoms with van der Waals surface area (Å²) in [4.78, 5) is 4.37. The summed E-state index contributed by atoms with van der Waals surface area (Å²) in [5, 5.41) is 7.06. The quantitative estimate of drug-likeness (QED) is 0.821. The minimum absolute atomic E-state index is 0.665. The fraction of sp³-hybridized carbons (Fsp3) is 0.643. The number of fused-ring (bicyclic) bond motifs is 1. The van der Waals surface area contributed by atoms with Crippen molar-refractivity contribution in [3.63, 3.8) is 0 Å². The number of anilines is 2. The van der Waals surface area contributed by atoms with Gasteiger partial charge in [-0.05, 0) is 44.1 Å². The standard InChI is InChI=1S/C14H21N3/c1-10-2-4-11(5-3-10)17-13-7-9-16-14-12(13)6-8-15-14/h7,9-11H,2-6,8H2,1H3,(H2,15,16,17)/t10-,11-. The molecule has 1 saturated carbocycles. The Balaban J connectivity index is 1.71. The average molecular weight is 231 g/mol. The molecule has 17 heavy (non-hydrogen) atoms. The summed E-state index contributed by atoms with van der Waals surface area (Å²) in [5.41, 5.74) is 2.69. The van der Waals surface area contributed by atoms with E-state index in [-0.39, 0.29) is 0 Å². The summed E-state index contributed by atoms with van der Waals surface area (Å²) in [6.45, 7) is 3.40. The van der Waals surface area contributed by atoms with Crippen molar-refractivity contribution in [3.05, 3.63) is 17.8 Å². The van der Waals surface area contributed by atoms with Gasteiger partial charge in [0.15, 0.2) is 0 Å². The molecule has 0 atom stereocenters. The van der Waals surface area contributed by atoms with Gasteiger partial charge in [-0.25, -0.2) is 4.98 Å². The molecular formula is C14H21N3. The lowest BCUT2D eigenvalue weighted by molar-refractivity contribution is 0.361. The van der Waals surface area contributed by atoms with E-state index >= 15 is 0 Å². The molecule has 1 aliphatic heterocycles. The maximum atomic E-state index is 4.37. The third kappa shape index (κ3) is 2.24. The zero-order valence-corrected chi connectivity index (χ0v) is 10.5. The summed E-state index contributed by atoms with van der Waals surface area (Å²) in [5.74, 6) is 2.00. The number of nitrogens with one attached hydrogen (secondary N) is 2. The lowest BCUT2D eigenvalue weighted by atomic mass is 9.87. The average Bonchev–Trinajstić information content (AvgIpc) is 2.81. The van der Waals surface area contributed by atoms with Crippen LogP contribution in [-0.4, -0.2) is 17.6 Å². The summed E-state index contributed by atoms with van der Waals surface area (Å²) in [6.07, 6.45) is 8.36. The molecule has 1 aromatic rings. The van der Waals surface area contributed by atoms with Gasteiger partial charge in [-0.2, -0.15) is 0 Å². The van der Waals surface area contributed by atoms with Gasteiger partial charge in [-0.3, -0.25) is 0 Å². The second-order valence-corrected chi connectivity index (χ2v) is 5.46. The molecule has 2 heterocycles. The topological polar surface area (TPSA) is 37.0 Å². The molecule has 1 aromatic heterocycles. The van der Waals surface area contributed by atoms with Crippen molar-refractivity contribution in [2.75, 3.05) is 17.2 Å². The van der Waals surface area contributed by atoms with Crippen LogP contribution < -0.4 is 10.6 Å². The lowest BCUT2D eigenvalue weighted by Gasteiger charge is -2.28. The van der Waals surface area contributed by atoms with Crippen molar-refractivity contribution >= 4 is 11.5 Å². The van der Waals surface area contributed by atoms with E-state index < -0.39 is 0 Å². The fourth-order valence-corrected chi connectivity index (χ4v) is 2.96. The van der Waals surface area contributed by atoms with Crippen LogP contribution in [0.4, 0.5) is 11.5 Å². The highest BCUT2D eigenvalue weighted by molar-refractivity contribution is 5.64. The molecule has 1 fully saturated rings. The SMILES string of the molecule is C[C@H]1CC[C@H](Nc2ccnc3c2CCN3)CC1. The van der Waals surface area contributed by atoms with Crippen LogP contribution in [0.25, 0.3) is 0 Å². The van der Waals surface area contributed by atoms with E-state index in [1.54, 1.807) is 0 Å². The van der Waals surface area contributed by atoms with Crippen molar-refractivity contribution in [1.29, 1.82) is 0 Å². The van der Waals surface area contributed by atoms with Crippen LogP contribution in [0.5, 0.6) is 0 Å². The Labute approximate surface area is 103 Å². The van der Waals surface area contributed by atoms with Gasteiger partial charge < -0.3 is 10.6 Å². The second-order valence-electron chi connectivity index (χ2n) is 5.46.